The Morgan fingerprint density at radius 3 is 1.55 bits per heavy atom. The highest BCUT2D eigenvalue weighted by molar-refractivity contribution is 5.70. The van der Waals surface area contributed by atoms with Crippen LogP contribution in [0.2, 0.25) is 0 Å². The average molecular weight is 723 g/mol. The summed E-state index contributed by atoms with van der Waals surface area (Å²) in [5.41, 5.74) is -1.95. The quantitative estimate of drug-likeness (QED) is 0.0581. The second-order valence-corrected chi connectivity index (χ2v) is 14.7. The van der Waals surface area contributed by atoms with Crippen molar-refractivity contribution < 1.29 is 28.2 Å². The predicted molar refractivity (Wildman–Crippen MR) is 201 cm³/mol. The van der Waals surface area contributed by atoms with Gasteiger partial charge in [0.2, 0.25) is 5.82 Å². The molecule has 0 bridgehead atoms. The van der Waals surface area contributed by atoms with Crippen molar-refractivity contribution in [2.75, 3.05) is 6.61 Å². The number of carbonyl (C=O) groups excluding carboxylic acids is 2. The Morgan fingerprint density at radius 1 is 0.686 bits per heavy atom. The number of halogens is 1. The van der Waals surface area contributed by atoms with Crippen LogP contribution in [0.25, 0.3) is 0 Å². The van der Waals surface area contributed by atoms with Crippen molar-refractivity contribution in [1.29, 1.82) is 0 Å². The minimum absolute atomic E-state index is 0.0663. The Balaban J connectivity index is 1.68. The molecule has 1 N–H and O–H groups in total. The lowest BCUT2D eigenvalue weighted by Crippen LogP contribution is -2.34. The van der Waals surface area contributed by atoms with Crippen LogP contribution in [0.3, 0.4) is 0 Å². The molecule has 51 heavy (non-hydrogen) atoms. The molecule has 0 aromatic carbocycles. The lowest BCUT2D eigenvalue weighted by molar-refractivity contribution is -0.158. The zero-order valence-electron chi connectivity index (χ0n) is 32.2. The maximum atomic E-state index is 14.0. The van der Waals surface area contributed by atoms with Gasteiger partial charge in [0.15, 0.2) is 0 Å². The summed E-state index contributed by atoms with van der Waals surface area (Å²) >= 11 is 0. The van der Waals surface area contributed by atoms with Gasteiger partial charge in [-0.2, -0.15) is 4.39 Å². The summed E-state index contributed by atoms with van der Waals surface area (Å²) in [5.74, 6) is -1.85. The molecule has 0 unspecified atom stereocenters. The number of ether oxygens (including phenoxy) is 3. The van der Waals surface area contributed by atoms with Crippen molar-refractivity contribution in [1.82, 2.24) is 9.55 Å². The van der Waals surface area contributed by atoms with Gasteiger partial charge in [-0.1, -0.05) is 168 Å². The molecule has 10 heteroatoms. The van der Waals surface area contributed by atoms with Crippen LogP contribution in [0.1, 0.15) is 206 Å². The lowest BCUT2D eigenvalue weighted by Gasteiger charge is -2.19. The van der Waals surface area contributed by atoms with Crippen molar-refractivity contribution in [3.8, 4) is 0 Å². The third kappa shape index (κ3) is 21.0. The van der Waals surface area contributed by atoms with Crippen LogP contribution in [0.15, 0.2) is 15.8 Å². The van der Waals surface area contributed by atoms with Crippen molar-refractivity contribution in [3.05, 3.63) is 32.9 Å². The number of aromatic amines is 1. The van der Waals surface area contributed by atoms with Crippen LogP contribution in [0, 0.1) is 5.82 Å². The Kier molecular flexibility index (Phi) is 25.4. The molecule has 1 aliphatic heterocycles. The molecular formula is C41H71FN2O7. The first kappa shape index (κ1) is 44.7. The third-order valence-electron chi connectivity index (χ3n) is 10.1. The molecule has 2 heterocycles. The largest absolute Gasteiger partial charge is 0.463 e. The number of hydrogen-bond acceptors (Lipinski definition) is 7. The van der Waals surface area contributed by atoms with Gasteiger partial charge in [-0.15, -0.1) is 0 Å². The van der Waals surface area contributed by atoms with E-state index in [0.717, 1.165) is 49.3 Å². The first-order chi connectivity index (χ1) is 24.8. The van der Waals surface area contributed by atoms with E-state index in [2.05, 4.69) is 13.8 Å². The van der Waals surface area contributed by atoms with Crippen molar-refractivity contribution in [2.24, 2.45) is 0 Å². The van der Waals surface area contributed by atoms with E-state index >= 15 is 0 Å². The molecule has 0 radical (unpaired) electrons. The number of hydrogen-bond donors (Lipinski definition) is 1. The Morgan fingerprint density at radius 2 is 1.10 bits per heavy atom. The number of nitrogens with zero attached hydrogens (tertiary/aromatic N) is 1. The molecule has 1 fully saturated rings. The summed E-state index contributed by atoms with van der Waals surface area (Å²) in [4.78, 5) is 51.2. The predicted octanol–water partition coefficient (Wildman–Crippen LogP) is 10.4. The molecular weight excluding hydrogens is 651 g/mol. The number of rotatable bonds is 32. The highest BCUT2D eigenvalue weighted by atomic mass is 19.1. The fourth-order valence-electron chi connectivity index (χ4n) is 6.87. The van der Waals surface area contributed by atoms with Crippen LogP contribution in [-0.2, 0) is 23.8 Å². The average Bonchev–Trinajstić information content (AvgIpc) is 3.51. The van der Waals surface area contributed by atoms with E-state index in [1.54, 1.807) is 0 Å². The summed E-state index contributed by atoms with van der Waals surface area (Å²) in [5, 5.41) is 0. The van der Waals surface area contributed by atoms with Gasteiger partial charge in [-0.25, -0.2) is 4.79 Å². The standard InChI is InChI=1S/C41H71FN2O7/c1-3-5-7-9-11-13-15-17-19-21-23-25-27-29-38(45)49-33-36-35(31-37(50-36)44-32-34(42)40(47)43-41(44)48)51-39(46)30-28-26-24-22-20-18-16-14-12-10-8-6-4-2/h32,35-37H,3-31,33H2,1-2H3,(H,43,47,48)/t35-,36-,37-/m1/s1. The smallest absolute Gasteiger partial charge is 0.330 e. The topological polar surface area (TPSA) is 117 Å². The number of nitrogens with one attached hydrogen (secondary N) is 1. The normalized spacial score (nSPS) is 17.2. The molecule has 0 aliphatic carbocycles. The minimum atomic E-state index is -1.12. The number of aromatic nitrogens is 2. The summed E-state index contributed by atoms with van der Waals surface area (Å²) < 4.78 is 32.2. The Labute approximate surface area is 307 Å². The highest BCUT2D eigenvalue weighted by Gasteiger charge is 2.40. The molecule has 0 spiro atoms. The number of carbonyl (C=O) groups is 2. The van der Waals surface area contributed by atoms with Gasteiger partial charge >= 0.3 is 17.6 Å². The minimum Gasteiger partial charge on any atom is -0.463 e. The van der Waals surface area contributed by atoms with E-state index < -0.39 is 35.5 Å². The van der Waals surface area contributed by atoms with E-state index in [-0.39, 0.29) is 31.4 Å². The van der Waals surface area contributed by atoms with Crippen molar-refractivity contribution >= 4 is 11.9 Å². The van der Waals surface area contributed by atoms with Gasteiger partial charge in [-0.05, 0) is 12.8 Å². The summed E-state index contributed by atoms with van der Waals surface area (Å²) in [6, 6.07) is 0. The fraction of sp³-hybridized carbons (Fsp3) is 0.854. The number of esters is 2. The van der Waals surface area contributed by atoms with Crippen LogP contribution < -0.4 is 11.2 Å². The van der Waals surface area contributed by atoms with E-state index in [1.807, 2.05) is 4.98 Å². The van der Waals surface area contributed by atoms with E-state index in [4.69, 9.17) is 14.2 Å². The zero-order valence-corrected chi connectivity index (χ0v) is 32.2. The second kappa shape index (κ2) is 29.0. The van der Waals surface area contributed by atoms with Crippen LogP contribution >= 0.6 is 0 Å². The molecule has 294 valence electrons. The molecule has 9 nitrogen and oxygen atoms in total. The monoisotopic (exact) mass is 723 g/mol. The van der Waals surface area contributed by atoms with Crippen LogP contribution in [0.5, 0.6) is 0 Å². The Hall–Kier alpha value is -2.49. The van der Waals surface area contributed by atoms with Gasteiger partial charge in [0.25, 0.3) is 5.56 Å². The Bertz CT molecular complexity index is 1170. The van der Waals surface area contributed by atoms with Gasteiger partial charge in [-0.3, -0.25) is 23.9 Å². The van der Waals surface area contributed by atoms with E-state index in [0.29, 0.717) is 6.42 Å². The summed E-state index contributed by atoms with van der Waals surface area (Å²) in [6.45, 7) is 4.34. The SMILES string of the molecule is CCCCCCCCCCCCCCCC(=O)OC[C@H]1O[C@@H](n2cc(F)c(=O)[nH]c2=O)C[C@H]1OC(=O)CCCCCCCCCCCCCCC. The van der Waals surface area contributed by atoms with Gasteiger partial charge in [0.1, 0.15) is 25.0 Å². The molecule has 1 aliphatic rings. The van der Waals surface area contributed by atoms with Crippen molar-refractivity contribution in [2.45, 2.75) is 218 Å². The molecule has 1 saturated heterocycles. The third-order valence-corrected chi connectivity index (χ3v) is 10.1. The molecule has 1 aromatic heterocycles. The highest BCUT2D eigenvalue weighted by Crippen LogP contribution is 2.31. The van der Waals surface area contributed by atoms with Gasteiger partial charge < -0.3 is 14.2 Å². The second-order valence-electron chi connectivity index (χ2n) is 14.7. The maximum Gasteiger partial charge on any atom is 0.330 e. The molecule has 3 atom stereocenters. The number of unbranched alkanes of at least 4 members (excludes halogenated alkanes) is 24. The van der Waals surface area contributed by atoms with Gasteiger partial charge in [0, 0.05) is 19.3 Å². The van der Waals surface area contributed by atoms with Gasteiger partial charge in [0.05, 0.1) is 6.20 Å². The lowest BCUT2D eigenvalue weighted by atomic mass is 10.0. The van der Waals surface area contributed by atoms with Crippen LogP contribution in [0.4, 0.5) is 4.39 Å². The maximum absolute atomic E-state index is 14.0. The first-order valence-corrected chi connectivity index (χ1v) is 20.9. The summed E-state index contributed by atoms with van der Waals surface area (Å²) in [6.07, 6.45) is 30.4. The van der Waals surface area contributed by atoms with E-state index in [1.165, 1.54) is 128 Å². The molecule has 0 saturated carbocycles. The molecule has 0 amide bonds. The zero-order chi connectivity index (χ0) is 36.9. The molecule has 2 rings (SSSR count). The first-order valence-electron chi connectivity index (χ1n) is 20.9. The fourth-order valence-corrected chi connectivity index (χ4v) is 6.87. The van der Waals surface area contributed by atoms with Crippen molar-refractivity contribution in [3.63, 3.8) is 0 Å². The number of H-pyrrole nitrogens is 1. The molecule has 1 aromatic rings. The van der Waals surface area contributed by atoms with Crippen LogP contribution in [-0.4, -0.2) is 40.3 Å². The van der Waals surface area contributed by atoms with E-state index in [9.17, 15) is 23.6 Å². The summed E-state index contributed by atoms with van der Waals surface area (Å²) in [7, 11) is 0.